The highest BCUT2D eigenvalue weighted by atomic mass is 32.1. The van der Waals surface area contributed by atoms with Crippen molar-refractivity contribution in [2.24, 2.45) is 0 Å². The van der Waals surface area contributed by atoms with E-state index in [2.05, 4.69) is 70.6 Å². The smallest absolute Gasteiger partial charge is 0.104 e. The van der Waals surface area contributed by atoms with Crippen LogP contribution in [-0.4, -0.2) is 4.57 Å². The number of rotatable bonds is 2. The number of hydrogen-bond donors (Lipinski definition) is 0. The van der Waals surface area contributed by atoms with Crippen LogP contribution in [0.2, 0.25) is 0 Å². The highest BCUT2D eigenvalue weighted by Gasteiger charge is 2.10. The minimum Gasteiger partial charge on any atom is -0.328 e. The first-order chi connectivity index (χ1) is 9.43. The van der Waals surface area contributed by atoms with E-state index < -0.39 is 0 Å². The van der Waals surface area contributed by atoms with Gasteiger partial charge in [-0.3, -0.25) is 0 Å². The van der Waals surface area contributed by atoms with Crippen LogP contribution < -0.4 is 0 Å². The summed E-state index contributed by atoms with van der Waals surface area (Å²) >= 11 is 1.82. The van der Waals surface area contributed by atoms with Gasteiger partial charge < -0.3 is 4.57 Å². The third-order valence-electron chi connectivity index (χ3n) is 3.56. The monoisotopic (exact) mass is 263 g/mol. The second kappa shape index (κ2) is 4.25. The predicted molar refractivity (Wildman–Crippen MR) is 82.9 cm³/mol. The van der Waals surface area contributed by atoms with Crippen LogP contribution in [0.1, 0.15) is 5.56 Å². The molecule has 0 atom stereocenters. The summed E-state index contributed by atoms with van der Waals surface area (Å²) in [5, 5.41) is 4.91. The summed E-state index contributed by atoms with van der Waals surface area (Å²) in [6, 6.07) is 21.5. The van der Waals surface area contributed by atoms with Crippen molar-refractivity contribution < 1.29 is 0 Å². The Morgan fingerprint density at radius 2 is 1.58 bits per heavy atom. The van der Waals surface area contributed by atoms with Gasteiger partial charge in [0.15, 0.2) is 0 Å². The first kappa shape index (κ1) is 10.8. The molecule has 0 spiro atoms. The van der Waals surface area contributed by atoms with Crippen molar-refractivity contribution in [3.8, 4) is 0 Å². The third kappa shape index (κ3) is 1.68. The number of nitrogens with zero attached hydrogens (tertiary/aromatic N) is 1. The molecule has 0 amide bonds. The molecule has 0 aliphatic heterocycles. The molecule has 0 radical (unpaired) electrons. The van der Waals surface area contributed by atoms with Crippen LogP contribution in [0, 0.1) is 0 Å². The van der Waals surface area contributed by atoms with E-state index in [9.17, 15) is 0 Å². The number of thiophene rings is 1. The second-order valence-corrected chi connectivity index (χ2v) is 5.62. The number of para-hydroxylation sites is 1. The van der Waals surface area contributed by atoms with Gasteiger partial charge in [-0.15, -0.1) is 11.3 Å². The maximum Gasteiger partial charge on any atom is 0.104 e. The van der Waals surface area contributed by atoms with E-state index in [1.54, 1.807) is 0 Å². The van der Waals surface area contributed by atoms with Gasteiger partial charge in [0.05, 0.1) is 5.52 Å². The van der Waals surface area contributed by atoms with Crippen LogP contribution in [0.25, 0.3) is 21.1 Å². The zero-order chi connectivity index (χ0) is 12.7. The van der Waals surface area contributed by atoms with Crippen LogP contribution >= 0.6 is 11.3 Å². The van der Waals surface area contributed by atoms with Gasteiger partial charge in [-0.25, -0.2) is 0 Å². The molecule has 0 aliphatic rings. The largest absolute Gasteiger partial charge is 0.328 e. The van der Waals surface area contributed by atoms with E-state index in [4.69, 9.17) is 0 Å². The van der Waals surface area contributed by atoms with Crippen LogP contribution in [0.4, 0.5) is 0 Å². The molecule has 4 rings (SSSR count). The van der Waals surface area contributed by atoms with Gasteiger partial charge in [0.1, 0.15) is 4.83 Å². The molecule has 92 valence electrons. The quantitative estimate of drug-likeness (QED) is 0.484. The summed E-state index contributed by atoms with van der Waals surface area (Å²) in [7, 11) is 0. The molecule has 0 saturated heterocycles. The van der Waals surface area contributed by atoms with Gasteiger partial charge in [-0.1, -0.05) is 48.5 Å². The summed E-state index contributed by atoms with van der Waals surface area (Å²) in [5.41, 5.74) is 2.67. The average Bonchev–Trinajstić information content (AvgIpc) is 3.04. The Balaban J connectivity index is 1.98. The van der Waals surface area contributed by atoms with Crippen molar-refractivity contribution in [2.45, 2.75) is 6.54 Å². The van der Waals surface area contributed by atoms with Crippen molar-refractivity contribution in [2.75, 3.05) is 0 Å². The number of fused-ring (bicyclic) bond motifs is 3. The molecule has 0 unspecified atom stereocenters. The molecule has 0 bridgehead atoms. The molecule has 1 nitrogen and oxygen atoms in total. The van der Waals surface area contributed by atoms with E-state index in [0.717, 1.165) is 6.54 Å². The highest BCUT2D eigenvalue weighted by molar-refractivity contribution is 7.17. The average molecular weight is 263 g/mol. The Hall–Kier alpha value is -2.06. The molecule has 2 heteroatoms. The van der Waals surface area contributed by atoms with Crippen molar-refractivity contribution in [1.82, 2.24) is 4.57 Å². The van der Waals surface area contributed by atoms with Gasteiger partial charge in [0.25, 0.3) is 0 Å². The molecule has 2 aromatic carbocycles. The van der Waals surface area contributed by atoms with Gasteiger partial charge in [0, 0.05) is 17.3 Å². The van der Waals surface area contributed by atoms with E-state index in [-0.39, 0.29) is 0 Å². The van der Waals surface area contributed by atoms with Crippen LogP contribution in [0.5, 0.6) is 0 Å². The minimum absolute atomic E-state index is 0.936. The molecular weight excluding hydrogens is 250 g/mol. The lowest BCUT2D eigenvalue weighted by Gasteiger charge is -2.06. The fourth-order valence-corrected chi connectivity index (χ4v) is 3.61. The maximum absolute atomic E-state index is 2.42. The number of aromatic nitrogens is 1. The molecular formula is C17H13NS. The van der Waals surface area contributed by atoms with Gasteiger partial charge in [0.2, 0.25) is 0 Å². The molecule has 0 saturated carbocycles. The summed E-state index contributed by atoms with van der Waals surface area (Å²) in [6.45, 7) is 0.936. The normalized spacial score (nSPS) is 11.4. The van der Waals surface area contributed by atoms with E-state index >= 15 is 0 Å². The second-order valence-electron chi connectivity index (χ2n) is 4.73. The number of benzene rings is 2. The van der Waals surface area contributed by atoms with E-state index in [0.29, 0.717) is 0 Å². The molecule has 0 aliphatic carbocycles. The molecule has 2 aromatic heterocycles. The van der Waals surface area contributed by atoms with Gasteiger partial charge in [-0.05, 0) is 23.1 Å². The van der Waals surface area contributed by atoms with E-state index in [1.165, 1.54) is 26.7 Å². The Morgan fingerprint density at radius 1 is 0.789 bits per heavy atom. The Labute approximate surface area is 115 Å². The Bertz CT molecular complexity index is 839. The first-order valence-electron chi connectivity index (χ1n) is 6.42. The SMILES string of the molecule is c1ccc(Cn2c3ccccc3c3ccsc32)cc1. The number of hydrogen-bond acceptors (Lipinski definition) is 1. The molecule has 4 aromatic rings. The van der Waals surface area contributed by atoms with Crippen LogP contribution in [-0.2, 0) is 6.54 Å². The van der Waals surface area contributed by atoms with Crippen molar-refractivity contribution in [3.05, 3.63) is 71.6 Å². The maximum atomic E-state index is 2.42. The third-order valence-corrected chi connectivity index (χ3v) is 4.49. The van der Waals surface area contributed by atoms with Crippen molar-refractivity contribution in [3.63, 3.8) is 0 Å². The molecule has 2 heterocycles. The Morgan fingerprint density at radius 3 is 2.47 bits per heavy atom. The van der Waals surface area contributed by atoms with Crippen LogP contribution in [0.15, 0.2) is 66.0 Å². The van der Waals surface area contributed by atoms with Crippen molar-refractivity contribution in [1.29, 1.82) is 0 Å². The lowest BCUT2D eigenvalue weighted by atomic mass is 10.2. The zero-order valence-corrected chi connectivity index (χ0v) is 11.2. The van der Waals surface area contributed by atoms with E-state index in [1.807, 2.05) is 11.3 Å². The minimum atomic E-state index is 0.936. The molecule has 0 N–H and O–H groups in total. The summed E-state index contributed by atoms with van der Waals surface area (Å²) < 4.78 is 2.42. The van der Waals surface area contributed by atoms with Crippen molar-refractivity contribution >= 4 is 32.5 Å². The van der Waals surface area contributed by atoms with Crippen LogP contribution in [0.3, 0.4) is 0 Å². The van der Waals surface area contributed by atoms with Gasteiger partial charge >= 0.3 is 0 Å². The Kier molecular flexibility index (Phi) is 2.42. The summed E-state index contributed by atoms with van der Waals surface area (Å²) in [6.07, 6.45) is 0. The lowest BCUT2D eigenvalue weighted by Crippen LogP contribution is -1.97. The molecule has 19 heavy (non-hydrogen) atoms. The summed E-state index contributed by atoms with van der Waals surface area (Å²) in [4.78, 5) is 1.37. The lowest BCUT2D eigenvalue weighted by molar-refractivity contribution is 0.875. The topological polar surface area (TPSA) is 4.93 Å². The fraction of sp³-hybridized carbons (Fsp3) is 0.0588. The zero-order valence-electron chi connectivity index (χ0n) is 10.4. The molecule has 0 fully saturated rings. The van der Waals surface area contributed by atoms with Gasteiger partial charge in [-0.2, -0.15) is 0 Å². The predicted octanol–water partition coefficient (Wildman–Crippen LogP) is 4.90. The highest BCUT2D eigenvalue weighted by Crippen LogP contribution is 2.32. The first-order valence-corrected chi connectivity index (χ1v) is 7.30. The fourth-order valence-electron chi connectivity index (χ4n) is 2.68. The standard InChI is InChI=1S/C17H13NS/c1-2-6-13(7-3-1)12-18-16-9-5-4-8-14(16)15-10-11-19-17(15)18/h1-11H,12H2. The summed E-state index contributed by atoms with van der Waals surface area (Å²) in [5.74, 6) is 0.